The molecule has 0 spiro atoms. The molecule has 0 aliphatic heterocycles. The Morgan fingerprint density at radius 1 is 1.25 bits per heavy atom. The second-order valence-corrected chi connectivity index (χ2v) is 2.62. The Morgan fingerprint density at radius 2 is 1.75 bits per heavy atom. The largest absolute Gasteiger partial charge is 0.395 e. The highest BCUT2D eigenvalue weighted by Gasteiger charge is 2.12. The minimum atomic E-state index is -0.861. The van der Waals surface area contributed by atoms with E-state index in [4.69, 9.17) is 15.3 Å². The van der Waals surface area contributed by atoms with E-state index in [-0.39, 0.29) is 13.2 Å². The Labute approximate surface area is 56.1 Å². The SMILES string of the molecule is OC[C@@H](Br)[C@@H](O)CO. The minimum Gasteiger partial charge on any atom is -0.395 e. The first-order valence-electron chi connectivity index (χ1n) is 2.26. The maximum Gasteiger partial charge on any atom is 0.0917 e. The van der Waals surface area contributed by atoms with E-state index in [9.17, 15) is 0 Å². The highest BCUT2D eigenvalue weighted by molar-refractivity contribution is 9.09. The van der Waals surface area contributed by atoms with Gasteiger partial charge in [-0.15, -0.1) is 0 Å². The average Bonchev–Trinajstić information content (AvgIpc) is 1.84. The molecule has 0 aromatic carbocycles. The molecule has 0 saturated heterocycles. The number of alkyl halides is 1. The summed E-state index contributed by atoms with van der Waals surface area (Å²) in [4.78, 5) is -0.410. The van der Waals surface area contributed by atoms with Crippen LogP contribution in [0.15, 0.2) is 0 Å². The molecule has 0 saturated carbocycles. The van der Waals surface area contributed by atoms with E-state index >= 15 is 0 Å². The standard InChI is InChI=1S/C4H9BrO3/c5-3(1-6)4(8)2-7/h3-4,6-8H,1-2H2/t3-,4+/m1/s1. The highest BCUT2D eigenvalue weighted by atomic mass is 79.9. The zero-order valence-electron chi connectivity index (χ0n) is 4.29. The first-order valence-corrected chi connectivity index (χ1v) is 3.17. The number of aliphatic hydroxyl groups is 3. The van der Waals surface area contributed by atoms with Crippen molar-refractivity contribution in [2.24, 2.45) is 0 Å². The molecule has 0 aliphatic rings. The predicted molar refractivity (Wildman–Crippen MR) is 32.9 cm³/mol. The number of rotatable bonds is 3. The van der Waals surface area contributed by atoms with Gasteiger partial charge in [0, 0.05) is 0 Å². The zero-order valence-corrected chi connectivity index (χ0v) is 5.87. The van der Waals surface area contributed by atoms with Crippen molar-refractivity contribution in [3.05, 3.63) is 0 Å². The van der Waals surface area contributed by atoms with Crippen LogP contribution < -0.4 is 0 Å². The molecule has 0 rings (SSSR count). The highest BCUT2D eigenvalue weighted by Crippen LogP contribution is 2.02. The summed E-state index contributed by atoms with van der Waals surface area (Å²) in [6.07, 6.45) is -0.861. The van der Waals surface area contributed by atoms with Crippen LogP contribution in [-0.4, -0.2) is 39.5 Å². The summed E-state index contributed by atoms with van der Waals surface area (Å²) in [6, 6.07) is 0. The molecule has 3 N–H and O–H groups in total. The van der Waals surface area contributed by atoms with Crippen LogP contribution in [-0.2, 0) is 0 Å². The van der Waals surface area contributed by atoms with E-state index in [0.29, 0.717) is 0 Å². The van der Waals surface area contributed by atoms with Gasteiger partial charge < -0.3 is 15.3 Å². The van der Waals surface area contributed by atoms with Crippen molar-refractivity contribution in [3.8, 4) is 0 Å². The van der Waals surface area contributed by atoms with Gasteiger partial charge in [0.15, 0.2) is 0 Å². The molecule has 0 aromatic rings. The molecule has 3 nitrogen and oxygen atoms in total. The first kappa shape index (κ1) is 8.36. The lowest BCUT2D eigenvalue weighted by molar-refractivity contribution is 0.0794. The van der Waals surface area contributed by atoms with Gasteiger partial charge in [-0.3, -0.25) is 0 Å². The summed E-state index contributed by atoms with van der Waals surface area (Å²) in [5, 5.41) is 25.2. The summed E-state index contributed by atoms with van der Waals surface area (Å²) in [5.41, 5.74) is 0. The Morgan fingerprint density at radius 3 is 1.88 bits per heavy atom. The molecule has 0 unspecified atom stereocenters. The summed E-state index contributed by atoms with van der Waals surface area (Å²) in [5.74, 6) is 0. The molecule has 0 heterocycles. The number of hydrogen-bond donors (Lipinski definition) is 3. The topological polar surface area (TPSA) is 60.7 Å². The second-order valence-electron chi connectivity index (χ2n) is 1.45. The summed E-state index contributed by atoms with van der Waals surface area (Å²) in [6.45, 7) is -0.488. The summed E-state index contributed by atoms with van der Waals surface area (Å²) < 4.78 is 0. The summed E-state index contributed by atoms with van der Waals surface area (Å²) >= 11 is 2.94. The van der Waals surface area contributed by atoms with Crippen molar-refractivity contribution in [1.82, 2.24) is 0 Å². The number of aliphatic hydroxyl groups excluding tert-OH is 3. The molecule has 0 aliphatic carbocycles. The lowest BCUT2D eigenvalue weighted by atomic mass is 10.3. The molecule has 0 amide bonds. The number of hydrogen-bond acceptors (Lipinski definition) is 3. The van der Waals surface area contributed by atoms with E-state index in [1.807, 2.05) is 0 Å². The first-order chi connectivity index (χ1) is 3.72. The van der Waals surface area contributed by atoms with E-state index in [1.165, 1.54) is 0 Å². The number of halogens is 1. The Kier molecular flexibility index (Phi) is 4.45. The van der Waals surface area contributed by atoms with Gasteiger partial charge in [0.05, 0.1) is 24.1 Å². The predicted octanol–water partition coefficient (Wildman–Crippen LogP) is -0.905. The molecular formula is C4H9BrO3. The van der Waals surface area contributed by atoms with E-state index in [1.54, 1.807) is 0 Å². The van der Waals surface area contributed by atoms with Gasteiger partial charge in [-0.1, -0.05) is 15.9 Å². The van der Waals surface area contributed by atoms with Crippen molar-refractivity contribution >= 4 is 15.9 Å². The van der Waals surface area contributed by atoms with Crippen molar-refractivity contribution < 1.29 is 15.3 Å². The molecule has 2 atom stereocenters. The lowest BCUT2D eigenvalue weighted by Crippen LogP contribution is -2.26. The fourth-order valence-electron chi connectivity index (χ4n) is 0.236. The maximum absolute atomic E-state index is 8.67. The van der Waals surface area contributed by atoms with E-state index in [0.717, 1.165) is 0 Å². The van der Waals surface area contributed by atoms with E-state index < -0.39 is 10.9 Å². The van der Waals surface area contributed by atoms with Crippen LogP contribution in [0.4, 0.5) is 0 Å². The molecule has 0 fully saturated rings. The molecule has 8 heavy (non-hydrogen) atoms. The van der Waals surface area contributed by atoms with Crippen LogP contribution in [0.25, 0.3) is 0 Å². The van der Waals surface area contributed by atoms with Crippen LogP contribution in [0.5, 0.6) is 0 Å². The molecule has 4 heteroatoms. The third-order valence-corrected chi connectivity index (χ3v) is 1.68. The Hall–Kier alpha value is 0.360. The minimum absolute atomic E-state index is 0.165. The van der Waals surface area contributed by atoms with Crippen LogP contribution >= 0.6 is 15.9 Å². The van der Waals surface area contributed by atoms with Crippen molar-refractivity contribution in [1.29, 1.82) is 0 Å². The molecule has 0 aromatic heterocycles. The van der Waals surface area contributed by atoms with Gasteiger partial charge in [-0.05, 0) is 0 Å². The lowest BCUT2D eigenvalue weighted by Gasteiger charge is -2.10. The zero-order chi connectivity index (χ0) is 6.57. The third-order valence-electron chi connectivity index (χ3n) is 0.779. The van der Waals surface area contributed by atoms with Gasteiger partial charge in [-0.25, -0.2) is 0 Å². The molecule has 0 radical (unpaired) electrons. The van der Waals surface area contributed by atoms with Crippen molar-refractivity contribution in [2.45, 2.75) is 10.9 Å². The monoisotopic (exact) mass is 184 g/mol. The van der Waals surface area contributed by atoms with Crippen molar-refractivity contribution in [3.63, 3.8) is 0 Å². The van der Waals surface area contributed by atoms with Crippen LogP contribution in [0, 0.1) is 0 Å². The Balaban J connectivity index is 3.29. The third kappa shape index (κ3) is 2.61. The van der Waals surface area contributed by atoms with Gasteiger partial charge in [-0.2, -0.15) is 0 Å². The molecule has 0 bridgehead atoms. The Bertz CT molecular complexity index is 51.2. The normalized spacial score (nSPS) is 18.0. The van der Waals surface area contributed by atoms with Gasteiger partial charge >= 0.3 is 0 Å². The van der Waals surface area contributed by atoms with Crippen LogP contribution in [0.3, 0.4) is 0 Å². The quantitative estimate of drug-likeness (QED) is 0.499. The van der Waals surface area contributed by atoms with Crippen molar-refractivity contribution in [2.75, 3.05) is 13.2 Å². The maximum atomic E-state index is 8.67. The van der Waals surface area contributed by atoms with Gasteiger partial charge in [0.1, 0.15) is 0 Å². The molecule has 50 valence electrons. The van der Waals surface area contributed by atoms with E-state index in [2.05, 4.69) is 15.9 Å². The smallest absolute Gasteiger partial charge is 0.0917 e. The fraction of sp³-hybridized carbons (Fsp3) is 1.00. The van der Waals surface area contributed by atoms with Crippen LogP contribution in [0.2, 0.25) is 0 Å². The van der Waals surface area contributed by atoms with Gasteiger partial charge in [0.2, 0.25) is 0 Å². The summed E-state index contributed by atoms with van der Waals surface area (Å²) in [7, 11) is 0. The van der Waals surface area contributed by atoms with Gasteiger partial charge in [0.25, 0.3) is 0 Å². The van der Waals surface area contributed by atoms with Crippen LogP contribution in [0.1, 0.15) is 0 Å². The average molecular weight is 185 g/mol. The fourth-order valence-corrected chi connectivity index (χ4v) is 0.403. The second kappa shape index (κ2) is 4.26. The molecular weight excluding hydrogens is 176 g/mol.